The molecule has 1 aliphatic rings. The first-order valence-electron chi connectivity index (χ1n) is 7.94. The smallest absolute Gasteiger partial charge is 0.430 e. The van der Waals surface area contributed by atoms with Crippen LogP contribution in [0.4, 0.5) is 13.2 Å². The molecular formula is C19H13Cl2F3O4. The molecule has 1 atom stereocenters. The minimum atomic E-state index is -4.90. The quantitative estimate of drug-likeness (QED) is 0.627. The van der Waals surface area contributed by atoms with Gasteiger partial charge in [0.05, 0.1) is 21.2 Å². The Hall–Kier alpha value is -2.38. The molecule has 4 nitrogen and oxygen atoms in total. The maximum atomic E-state index is 13.2. The number of aryl methyl sites for hydroxylation is 2. The highest BCUT2D eigenvalue weighted by Gasteiger charge is 2.48. The van der Waals surface area contributed by atoms with Crippen molar-refractivity contribution in [1.29, 1.82) is 0 Å². The third-order valence-corrected chi connectivity index (χ3v) is 4.83. The number of hydrogen-bond donors (Lipinski definition) is 1. The van der Waals surface area contributed by atoms with E-state index in [1.165, 1.54) is 12.1 Å². The lowest BCUT2D eigenvalue weighted by Gasteiger charge is -2.28. The van der Waals surface area contributed by atoms with E-state index >= 15 is 0 Å². The topological polar surface area (TPSA) is 55.8 Å². The largest absolute Gasteiger partial charge is 0.478 e. The molecule has 0 bridgehead atoms. The van der Waals surface area contributed by atoms with Gasteiger partial charge in [-0.1, -0.05) is 23.2 Å². The van der Waals surface area contributed by atoms with E-state index in [-0.39, 0.29) is 32.9 Å². The Balaban J connectivity index is 2.14. The van der Waals surface area contributed by atoms with Crippen molar-refractivity contribution >= 4 is 35.2 Å². The van der Waals surface area contributed by atoms with E-state index in [0.29, 0.717) is 0 Å². The number of halogens is 5. The van der Waals surface area contributed by atoms with Gasteiger partial charge in [-0.2, -0.15) is 13.2 Å². The van der Waals surface area contributed by atoms with Gasteiger partial charge in [0.1, 0.15) is 11.5 Å². The Morgan fingerprint density at radius 3 is 2.39 bits per heavy atom. The fourth-order valence-corrected chi connectivity index (χ4v) is 3.14. The van der Waals surface area contributed by atoms with Crippen LogP contribution in [-0.4, -0.2) is 23.4 Å². The number of benzene rings is 2. The van der Waals surface area contributed by atoms with Crippen molar-refractivity contribution < 1.29 is 32.5 Å². The lowest BCUT2D eigenvalue weighted by molar-refractivity contribution is -0.187. The van der Waals surface area contributed by atoms with Crippen LogP contribution in [-0.2, 0) is 4.79 Å². The minimum Gasteiger partial charge on any atom is -0.478 e. The lowest BCUT2D eigenvalue weighted by Crippen LogP contribution is -2.40. The van der Waals surface area contributed by atoms with E-state index in [1.54, 1.807) is 12.1 Å². The minimum absolute atomic E-state index is 0.0142. The molecule has 0 amide bonds. The molecule has 1 unspecified atom stereocenters. The molecule has 0 fully saturated rings. The second kappa shape index (κ2) is 7.22. The number of carbonyl (C=O) groups is 1. The van der Waals surface area contributed by atoms with E-state index in [1.807, 2.05) is 13.8 Å². The number of aliphatic carboxylic acids is 1. The number of hydrogen-bond acceptors (Lipinski definition) is 3. The standard InChI is InChI=1S/C19H13Cl2F3O4/c1-8-5-13(21)15(6-9(8)2)27-16-10-7-11(18(25)26)17(19(22,23)24)28-14(10)4-3-12(16)20/h3-7,17H,1-2H3,(H,25,26). The van der Waals surface area contributed by atoms with Crippen molar-refractivity contribution in [3.63, 3.8) is 0 Å². The van der Waals surface area contributed by atoms with Gasteiger partial charge in [-0.05, 0) is 55.3 Å². The van der Waals surface area contributed by atoms with Crippen LogP contribution in [0, 0.1) is 13.8 Å². The van der Waals surface area contributed by atoms with E-state index in [4.69, 9.17) is 32.7 Å². The molecule has 9 heteroatoms. The van der Waals surface area contributed by atoms with Crippen molar-refractivity contribution in [3.8, 4) is 17.2 Å². The number of alkyl halides is 3. The molecule has 3 rings (SSSR count). The molecular weight excluding hydrogens is 420 g/mol. The first-order chi connectivity index (χ1) is 13.0. The molecule has 2 aromatic rings. The second-order valence-electron chi connectivity index (χ2n) is 6.20. The maximum Gasteiger partial charge on any atom is 0.430 e. The fraction of sp³-hybridized carbons (Fsp3) is 0.211. The summed E-state index contributed by atoms with van der Waals surface area (Å²) in [4.78, 5) is 11.4. The average molecular weight is 433 g/mol. The Kier molecular flexibility index (Phi) is 5.25. The lowest BCUT2D eigenvalue weighted by atomic mass is 10.0. The highest BCUT2D eigenvalue weighted by Crippen LogP contribution is 2.46. The summed E-state index contributed by atoms with van der Waals surface area (Å²) in [5.41, 5.74) is 0.802. The predicted molar refractivity (Wildman–Crippen MR) is 98.5 cm³/mol. The Morgan fingerprint density at radius 2 is 1.79 bits per heavy atom. The van der Waals surface area contributed by atoms with Crippen LogP contribution >= 0.6 is 23.2 Å². The van der Waals surface area contributed by atoms with E-state index in [0.717, 1.165) is 17.2 Å². The number of rotatable bonds is 3. The zero-order valence-electron chi connectivity index (χ0n) is 14.5. The fourth-order valence-electron chi connectivity index (χ4n) is 2.68. The molecule has 0 saturated carbocycles. The molecule has 28 heavy (non-hydrogen) atoms. The van der Waals surface area contributed by atoms with Gasteiger partial charge < -0.3 is 14.6 Å². The SMILES string of the molecule is Cc1cc(Cl)c(Oc2c(Cl)ccc3c2C=C(C(=O)O)C(C(F)(F)F)O3)cc1C. The highest BCUT2D eigenvalue weighted by molar-refractivity contribution is 6.33. The van der Waals surface area contributed by atoms with Gasteiger partial charge in [0, 0.05) is 0 Å². The molecule has 1 heterocycles. The Labute approximate surface area is 168 Å². The normalized spacial score (nSPS) is 16.1. The number of ether oxygens (including phenoxy) is 2. The van der Waals surface area contributed by atoms with Crippen LogP contribution in [0.5, 0.6) is 17.2 Å². The zero-order chi connectivity index (χ0) is 20.8. The van der Waals surface area contributed by atoms with E-state index in [2.05, 4.69) is 0 Å². The second-order valence-corrected chi connectivity index (χ2v) is 7.02. The van der Waals surface area contributed by atoms with Crippen molar-refractivity contribution in [1.82, 2.24) is 0 Å². The van der Waals surface area contributed by atoms with Gasteiger partial charge in [0.25, 0.3) is 0 Å². The molecule has 0 saturated heterocycles. The molecule has 1 aliphatic heterocycles. The van der Waals surface area contributed by atoms with Crippen LogP contribution in [0.2, 0.25) is 10.0 Å². The summed E-state index contributed by atoms with van der Waals surface area (Å²) in [6.45, 7) is 3.69. The zero-order valence-corrected chi connectivity index (χ0v) is 16.0. The molecule has 0 spiro atoms. The summed E-state index contributed by atoms with van der Waals surface area (Å²) in [6.07, 6.45) is -6.65. The monoisotopic (exact) mass is 432 g/mol. The van der Waals surface area contributed by atoms with E-state index < -0.39 is 23.8 Å². The molecule has 1 N–H and O–H groups in total. The third kappa shape index (κ3) is 3.77. The number of carboxylic acids is 1. The van der Waals surface area contributed by atoms with Gasteiger partial charge in [-0.15, -0.1) is 0 Å². The first kappa shape index (κ1) is 20.4. The molecule has 0 aliphatic carbocycles. The molecule has 2 aromatic carbocycles. The van der Waals surface area contributed by atoms with Crippen molar-refractivity contribution in [2.75, 3.05) is 0 Å². The Bertz CT molecular complexity index is 1000. The summed E-state index contributed by atoms with van der Waals surface area (Å²) in [5, 5.41) is 9.54. The first-order valence-corrected chi connectivity index (χ1v) is 8.70. The van der Waals surface area contributed by atoms with Crippen LogP contribution < -0.4 is 9.47 Å². The van der Waals surface area contributed by atoms with Crippen LogP contribution in [0.3, 0.4) is 0 Å². The Morgan fingerprint density at radius 1 is 1.14 bits per heavy atom. The summed E-state index contributed by atoms with van der Waals surface area (Å²) in [5.74, 6) is -1.79. The van der Waals surface area contributed by atoms with Gasteiger partial charge in [0.15, 0.2) is 5.75 Å². The van der Waals surface area contributed by atoms with Crippen LogP contribution in [0.15, 0.2) is 29.8 Å². The van der Waals surface area contributed by atoms with Gasteiger partial charge >= 0.3 is 12.1 Å². The number of fused-ring (bicyclic) bond motifs is 1. The van der Waals surface area contributed by atoms with Crippen LogP contribution in [0.1, 0.15) is 16.7 Å². The summed E-state index contributed by atoms with van der Waals surface area (Å²) >= 11 is 12.4. The van der Waals surface area contributed by atoms with Gasteiger partial charge in [-0.25, -0.2) is 4.79 Å². The van der Waals surface area contributed by atoms with Crippen molar-refractivity contribution in [3.05, 3.63) is 56.6 Å². The van der Waals surface area contributed by atoms with Crippen LogP contribution in [0.25, 0.3) is 6.08 Å². The molecule has 0 aromatic heterocycles. The highest BCUT2D eigenvalue weighted by atomic mass is 35.5. The summed E-state index contributed by atoms with van der Waals surface area (Å²) in [7, 11) is 0. The molecule has 148 valence electrons. The molecule has 0 radical (unpaired) electrons. The predicted octanol–water partition coefficient (Wildman–Crippen LogP) is 6.19. The average Bonchev–Trinajstić information content (AvgIpc) is 2.59. The maximum absolute atomic E-state index is 13.2. The van der Waals surface area contributed by atoms with Gasteiger partial charge in [-0.3, -0.25) is 0 Å². The third-order valence-electron chi connectivity index (χ3n) is 4.24. The summed E-state index contributed by atoms with van der Waals surface area (Å²) in [6, 6.07) is 5.85. The van der Waals surface area contributed by atoms with Crippen molar-refractivity contribution in [2.45, 2.75) is 26.1 Å². The number of carboxylic acid groups (broad SMARTS) is 1. The van der Waals surface area contributed by atoms with Gasteiger partial charge in [0.2, 0.25) is 6.10 Å². The van der Waals surface area contributed by atoms with Crippen molar-refractivity contribution in [2.24, 2.45) is 0 Å². The van der Waals surface area contributed by atoms with E-state index in [9.17, 15) is 23.1 Å². The summed E-state index contributed by atoms with van der Waals surface area (Å²) < 4.78 is 50.3.